The van der Waals surface area contributed by atoms with E-state index in [4.69, 9.17) is 11.6 Å². The fourth-order valence-corrected chi connectivity index (χ4v) is 3.20. The van der Waals surface area contributed by atoms with Gasteiger partial charge in [-0.25, -0.2) is 0 Å². The Morgan fingerprint density at radius 3 is 3.17 bits per heavy atom. The lowest BCUT2D eigenvalue weighted by Gasteiger charge is -2.23. The third-order valence-corrected chi connectivity index (χ3v) is 4.15. The number of hydrogen-bond donors (Lipinski definition) is 2. The molecule has 0 bridgehead atoms. The van der Waals surface area contributed by atoms with Gasteiger partial charge >= 0.3 is 0 Å². The van der Waals surface area contributed by atoms with Gasteiger partial charge in [-0.15, -0.1) is 0 Å². The summed E-state index contributed by atoms with van der Waals surface area (Å²) in [6.45, 7) is 3.28. The maximum absolute atomic E-state index is 6.28. The molecular weight excluding hydrogens is 244 g/mol. The Labute approximate surface area is 113 Å². The van der Waals surface area contributed by atoms with Gasteiger partial charge in [0, 0.05) is 17.1 Å². The van der Waals surface area contributed by atoms with E-state index in [0.29, 0.717) is 6.04 Å². The summed E-state index contributed by atoms with van der Waals surface area (Å²) in [6, 6.07) is 6.65. The van der Waals surface area contributed by atoms with Gasteiger partial charge in [-0.05, 0) is 43.9 Å². The minimum Gasteiger partial charge on any atom is -0.356 e. The first-order chi connectivity index (χ1) is 8.81. The lowest BCUT2D eigenvalue weighted by atomic mass is 9.91. The van der Waals surface area contributed by atoms with Crippen LogP contribution in [0.25, 0.3) is 10.9 Å². The smallest absolute Gasteiger partial charge is 0.0648 e. The molecule has 0 radical (unpaired) electrons. The average molecular weight is 263 g/mol. The third kappa shape index (κ3) is 1.94. The molecular formula is C15H19ClN2. The number of nitrogens with one attached hydrogen (secondary N) is 2. The molecule has 1 aliphatic rings. The summed E-state index contributed by atoms with van der Waals surface area (Å²) in [7, 11) is 0. The van der Waals surface area contributed by atoms with Gasteiger partial charge in [0.05, 0.1) is 10.5 Å². The highest BCUT2D eigenvalue weighted by molar-refractivity contribution is 6.35. The molecule has 0 fully saturated rings. The molecule has 3 heteroatoms. The molecule has 0 spiro atoms. The number of hydrogen-bond acceptors (Lipinski definition) is 1. The van der Waals surface area contributed by atoms with Crippen LogP contribution in [0.4, 0.5) is 0 Å². The Balaban J connectivity index is 2.07. The van der Waals surface area contributed by atoms with Gasteiger partial charge in [0.1, 0.15) is 0 Å². The number of benzene rings is 1. The molecule has 1 aromatic carbocycles. The van der Waals surface area contributed by atoms with E-state index in [9.17, 15) is 0 Å². The van der Waals surface area contributed by atoms with Crippen molar-refractivity contribution >= 4 is 22.5 Å². The van der Waals surface area contributed by atoms with Gasteiger partial charge < -0.3 is 10.3 Å². The van der Waals surface area contributed by atoms with Gasteiger partial charge in [-0.2, -0.15) is 0 Å². The van der Waals surface area contributed by atoms with Crippen molar-refractivity contribution in [3.8, 4) is 0 Å². The van der Waals surface area contributed by atoms with Crippen molar-refractivity contribution in [1.29, 1.82) is 0 Å². The summed E-state index contributed by atoms with van der Waals surface area (Å²) in [5.74, 6) is 0. The first-order valence-electron chi connectivity index (χ1n) is 6.83. The van der Waals surface area contributed by atoms with Crippen LogP contribution in [0.15, 0.2) is 18.2 Å². The Kier molecular flexibility index (Phi) is 3.31. The molecule has 2 aromatic rings. The van der Waals surface area contributed by atoms with Crippen molar-refractivity contribution in [2.24, 2.45) is 0 Å². The highest BCUT2D eigenvalue weighted by Crippen LogP contribution is 2.36. The number of aromatic amines is 1. The van der Waals surface area contributed by atoms with Crippen LogP contribution in [-0.2, 0) is 6.42 Å². The van der Waals surface area contributed by atoms with Crippen molar-refractivity contribution in [3.63, 3.8) is 0 Å². The van der Waals surface area contributed by atoms with Crippen LogP contribution in [0.3, 0.4) is 0 Å². The molecule has 2 N–H and O–H groups in total. The molecule has 1 heterocycles. The summed E-state index contributed by atoms with van der Waals surface area (Å²) in [5, 5.41) is 5.77. The number of H-pyrrole nitrogens is 1. The lowest BCUT2D eigenvalue weighted by molar-refractivity contribution is 0.454. The van der Waals surface area contributed by atoms with Crippen LogP contribution in [0, 0.1) is 0 Å². The van der Waals surface area contributed by atoms with Crippen LogP contribution in [0.2, 0.25) is 5.02 Å². The highest BCUT2D eigenvalue weighted by atomic mass is 35.5. The quantitative estimate of drug-likeness (QED) is 0.853. The van der Waals surface area contributed by atoms with E-state index in [2.05, 4.69) is 23.3 Å². The molecule has 3 rings (SSSR count). The number of halogens is 1. The third-order valence-electron chi connectivity index (χ3n) is 3.83. The van der Waals surface area contributed by atoms with Crippen LogP contribution < -0.4 is 5.32 Å². The first-order valence-corrected chi connectivity index (χ1v) is 7.21. The van der Waals surface area contributed by atoms with E-state index in [1.54, 1.807) is 0 Å². The van der Waals surface area contributed by atoms with Crippen LogP contribution in [0.5, 0.6) is 0 Å². The van der Waals surface area contributed by atoms with Gasteiger partial charge in [0.25, 0.3) is 0 Å². The summed E-state index contributed by atoms with van der Waals surface area (Å²) < 4.78 is 0. The van der Waals surface area contributed by atoms with E-state index in [1.807, 2.05) is 12.1 Å². The number of aryl methyl sites for hydroxylation is 1. The Morgan fingerprint density at radius 1 is 1.44 bits per heavy atom. The zero-order valence-corrected chi connectivity index (χ0v) is 11.5. The van der Waals surface area contributed by atoms with Crippen LogP contribution in [-0.4, -0.2) is 11.5 Å². The second-order valence-electron chi connectivity index (χ2n) is 5.08. The van der Waals surface area contributed by atoms with E-state index in [-0.39, 0.29) is 0 Å². The van der Waals surface area contributed by atoms with E-state index in [0.717, 1.165) is 17.1 Å². The predicted molar refractivity (Wildman–Crippen MR) is 77.3 cm³/mol. The minimum absolute atomic E-state index is 0.470. The van der Waals surface area contributed by atoms with E-state index >= 15 is 0 Å². The van der Waals surface area contributed by atoms with E-state index < -0.39 is 0 Å². The summed E-state index contributed by atoms with van der Waals surface area (Å²) in [4.78, 5) is 3.55. The SMILES string of the molecule is CCCNC1CCCc2c1[nH]c1c(Cl)cccc21. The predicted octanol–water partition coefficient (Wildman–Crippen LogP) is 4.20. The highest BCUT2D eigenvalue weighted by Gasteiger charge is 2.24. The van der Waals surface area contributed by atoms with Gasteiger partial charge in [0.15, 0.2) is 0 Å². The van der Waals surface area contributed by atoms with Crippen molar-refractivity contribution in [2.75, 3.05) is 6.54 Å². The summed E-state index contributed by atoms with van der Waals surface area (Å²) in [6.07, 6.45) is 4.82. The lowest BCUT2D eigenvalue weighted by Crippen LogP contribution is -2.25. The molecule has 0 saturated heterocycles. The van der Waals surface area contributed by atoms with Crippen molar-refractivity contribution in [3.05, 3.63) is 34.5 Å². The fourth-order valence-electron chi connectivity index (χ4n) is 2.97. The number of rotatable bonds is 3. The zero-order chi connectivity index (χ0) is 12.5. The second-order valence-corrected chi connectivity index (χ2v) is 5.49. The fraction of sp³-hybridized carbons (Fsp3) is 0.467. The molecule has 1 aromatic heterocycles. The van der Waals surface area contributed by atoms with Gasteiger partial charge in [-0.3, -0.25) is 0 Å². The molecule has 1 aliphatic carbocycles. The second kappa shape index (κ2) is 4.94. The Hall–Kier alpha value is -0.990. The van der Waals surface area contributed by atoms with Crippen molar-refractivity contribution in [2.45, 2.75) is 38.6 Å². The molecule has 0 amide bonds. The molecule has 18 heavy (non-hydrogen) atoms. The van der Waals surface area contributed by atoms with Crippen molar-refractivity contribution < 1.29 is 0 Å². The van der Waals surface area contributed by atoms with Crippen molar-refractivity contribution in [1.82, 2.24) is 10.3 Å². The van der Waals surface area contributed by atoms with Gasteiger partial charge in [-0.1, -0.05) is 30.7 Å². The molecule has 1 unspecified atom stereocenters. The molecule has 0 saturated carbocycles. The monoisotopic (exact) mass is 262 g/mol. The minimum atomic E-state index is 0.470. The molecule has 96 valence electrons. The number of fused-ring (bicyclic) bond motifs is 3. The summed E-state index contributed by atoms with van der Waals surface area (Å²) in [5.41, 5.74) is 3.93. The molecule has 1 atom stereocenters. The maximum Gasteiger partial charge on any atom is 0.0648 e. The Morgan fingerprint density at radius 2 is 2.33 bits per heavy atom. The Bertz CT molecular complexity index is 559. The molecule has 0 aliphatic heterocycles. The largest absolute Gasteiger partial charge is 0.356 e. The van der Waals surface area contributed by atoms with Crippen LogP contribution >= 0.6 is 11.6 Å². The molecule has 2 nitrogen and oxygen atoms in total. The normalized spacial score (nSPS) is 19.1. The number of para-hydroxylation sites is 1. The maximum atomic E-state index is 6.28. The topological polar surface area (TPSA) is 27.8 Å². The zero-order valence-electron chi connectivity index (χ0n) is 10.7. The average Bonchev–Trinajstić information content (AvgIpc) is 2.77. The summed E-state index contributed by atoms with van der Waals surface area (Å²) >= 11 is 6.28. The standard InChI is InChI=1S/C15H19ClN2/c1-2-9-17-13-8-4-6-11-10-5-3-7-12(16)14(10)18-15(11)13/h3,5,7,13,17-18H,2,4,6,8-9H2,1H3. The first kappa shape index (κ1) is 12.1. The number of aromatic nitrogens is 1. The van der Waals surface area contributed by atoms with E-state index in [1.165, 1.54) is 42.3 Å². The van der Waals surface area contributed by atoms with Crippen LogP contribution in [0.1, 0.15) is 43.5 Å². The van der Waals surface area contributed by atoms with Gasteiger partial charge in [0.2, 0.25) is 0 Å².